The number of aromatic hydroxyl groups is 1. The molecule has 13 heteroatoms. The highest BCUT2D eigenvalue weighted by Crippen LogP contribution is 2.50. The molecule has 0 saturated carbocycles. The van der Waals surface area contributed by atoms with Crippen molar-refractivity contribution in [3.05, 3.63) is 57.0 Å². The zero-order chi connectivity index (χ0) is 32.5. The van der Waals surface area contributed by atoms with Crippen molar-refractivity contribution >= 4 is 23.3 Å². The molecule has 8 rings (SSSR count). The number of fused-ring (bicyclic) bond motifs is 5. The number of ether oxygens (including phenoxy) is 2. The number of alkyl halides is 1. The first-order valence-corrected chi connectivity index (χ1v) is 17.1. The molecule has 2 saturated heterocycles. The van der Waals surface area contributed by atoms with Gasteiger partial charge < -0.3 is 24.4 Å². The maximum atomic E-state index is 14.6. The molecule has 47 heavy (non-hydrogen) atoms. The lowest BCUT2D eigenvalue weighted by atomic mass is 9.74. The number of rotatable bonds is 5. The quantitative estimate of drug-likeness (QED) is 0.424. The Labute approximate surface area is 278 Å². The lowest BCUT2D eigenvalue weighted by molar-refractivity contribution is -0.0856. The maximum Gasteiger partial charge on any atom is 0.318 e. The van der Waals surface area contributed by atoms with Gasteiger partial charge in [0.25, 0.3) is 5.91 Å². The van der Waals surface area contributed by atoms with Crippen molar-refractivity contribution in [1.82, 2.24) is 29.5 Å². The third-order valence-corrected chi connectivity index (χ3v) is 11.2. The number of nitrogens with zero attached hydrogens (tertiary/aromatic N) is 7. The molecule has 4 aliphatic heterocycles. The van der Waals surface area contributed by atoms with Gasteiger partial charge in [-0.05, 0) is 62.8 Å². The zero-order valence-corrected chi connectivity index (χ0v) is 27.7. The van der Waals surface area contributed by atoms with E-state index in [1.54, 1.807) is 20.2 Å². The van der Waals surface area contributed by atoms with E-state index in [-0.39, 0.29) is 29.8 Å². The summed E-state index contributed by atoms with van der Waals surface area (Å²) in [5.74, 6) is 0.652. The number of halogens is 2. The van der Waals surface area contributed by atoms with E-state index in [1.165, 1.54) is 4.90 Å². The van der Waals surface area contributed by atoms with Gasteiger partial charge in [0.2, 0.25) is 0 Å². The molecule has 0 radical (unpaired) electrons. The molecule has 250 valence electrons. The normalized spacial score (nSPS) is 26.8. The second-order valence-corrected chi connectivity index (χ2v) is 14.5. The molecule has 2 aromatic heterocycles. The molecule has 3 aromatic rings. The number of phenolic OH excluding ortho intramolecular Hbond substituents is 1. The van der Waals surface area contributed by atoms with Gasteiger partial charge >= 0.3 is 6.01 Å². The van der Waals surface area contributed by atoms with Crippen LogP contribution in [0.2, 0.25) is 5.02 Å². The van der Waals surface area contributed by atoms with Crippen LogP contribution in [0.3, 0.4) is 0 Å². The molecule has 11 nitrogen and oxygen atoms in total. The molecule has 1 aliphatic carbocycles. The van der Waals surface area contributed by atoms with Crippen LogP contribution in [0.1, 0.15) is 77.1 Å². The Morgan fingerprint density at radius 2 is 2.06 bits per heavy atom. The number of hydrogen-bond donors (Lipinski definition) is 1. The van der Waals surface area contributed by atoms with E-state index in [9.17, 15) is 14.3 Å². The molecule has 1 aromatic carbocycles. The first-order chi connectivity index (χ1) is 22.6. The largest absolute Gasteiger partial charge is 0.506 e. The Balaban J connectivity index is 1.17. The summed E-state index contributed by atoms with van der Waals surface area (Å²) in [4.78, 5) is 28.7. The van der Waals surface area contributed by atoms with Crippen LogP contribution in [0, 0.1) is 0 Å². The smallest absolute Gasteiger partial charge is 0.318 e. The zero-order valence-electron chi connectivity index (χ0n) is 27.0. The molecule has 5 aliphatic rings. The standard InChI is InChI=1S/C34H41ClFN7O4/c1-40(2)31(45)25-14-23-18-41(11-5-13-43(23)39-25)30-24-19-47-34(10-3-6-21-7-8-27(44)29(35)28(21)34)16-26(24)37-32(38-30)46-20-33-9-4-12-42(33)17-22(36)15-33/h7-8,14,22,44H,3-6,9-13,15-20H2,1-2H3/t22-,33+,34?/m1/s1. The van der Waals surface area contributed by atoms with Crippen molar-refractivity contribution < 1.29 is 23.8 Å². The predicted molar refractivity (Wildman–Crippen MR) is 173 cm³/mol. The van der Waals surface area contributed by atoms with E-state index in [0.29, 0.717) is 49.8 Å². The third kappa shape index (κ3) is 5.23. The summed E-state index contributed by atoms with van der Waals surface area (Å²) in [7, 11) is 3.45. The molecule has 1 unspecified atom stereocenters. The van der Waals surface area contributed by atoms with Crippen LogP contribution in [-0.4, -0.2) is 92.6 Å². The van der Waals surface area contributed by atoms with Crippen LogP contribution >= 0.6 is 11.6 Å². The first-order valence-electron chi connectivity index (χ1n) is 16.7. The molecular weight excluding hydrogens is 625 g/mol. The summed E-state index contributed by atoms with van der Waals surface area (Å²) < 4.78 is 29.7. The number of anilines is 1. The summed E-state index contributed by atoms with van der Waals surface area (Å²) >= 11 is 6.77. The fraction of sp³-hybridized carbons (Fsp3) is 0.588. The topological polar surface area (TPSA) is 109 Å². The number of phenols is 1. The highest BCUT2D eigenvalue weighted by Gasteiger charge is 2.50. The average molecular weight is 666 g/mol. The number of benzene rings is 1. The number of aryl methyl sites for hydroxylation is 2. The minimum Gasteiger partial charge on any atom is -0.506 e. The fourth-order valence-electron chi connectivity index (χ4n) is 8.59. The molecular formula is C34H41ClFN7O4. The van der Waals surface area contributed by atoms with E-state index in [2.05, 4.69) is 14.9 Å². The maximum absolute atomic E-state index is 14.6. The van der Waals surface area contributed by atoms with Crippen LogP contribution < -0.4 is 9.64 Å². The summed E-state index contributed by atoms with van der Waals surface area (Å²) in [5, 5.41) is 15.5. The second kappa shape index (κ2) is 11.6. The van der Waals surface area contributed by atoms with Crippen LogP contribution in [-0.2, 0) is 42.9 Å². The highest BCUT2D eigenvalue weighted by molar-refractivity contribution is 6.33. The molecule has 6 heterocycles. The number of carbonyl (C=O) groups excluding carboxylic acids is 1. The van der Waals surface area contributed by atoms with Gasteiger partial charge in [-0.1, -0.05) is 17.7 Å². The second-order valence-electron chi connectivity index (χ2n) is 14.1. The Bertz CT molecular complexity index is 1730. The molecule has 0 bridgehead atoms. The third-order valence-electron chi connectivity index (χ3n) is 10.9. The van der Waals surface area contributed by atoms with Crippen LogP contribution in [0.4, 0.5) is 10.2 Å². The molecule has 1 spiro atoms. The van der Waals surface area contributed by atoms with Gasteiger partial charge in [-0.15, -0.1) is 0 Å². The molecule has 1 N–H and O–H groups in total. The Kier molecular flexibility index (Phi) is 7.60. The van der Waals surface area contributed by atoms with Gasteiger partial charge in [0.05, 0.1) is 35.1 Å². The Hall–Kier alpha value is -3.48. The van der Waals surface area contributed by atoms with E-state index in [4.69, 9.17) is 31.0 Å². The van der Waals surface area contributed by atoms with Gasteiger partial charge in [-0.3, -0.25) is 14.4 Å². The number of carbonyl (C=O) groups is 1. The van der Waals surface area contributed by atoms with Gasteiger partial charge in [0, 0.05) is 57.7 Å². The minimum atomic E-state index is -0.852. The molecule has 2 fully saturated rings. The van der Waals surface area contributed by atoms with Crippen LogP contribution in [0.15, 0.2) is 18.2 Å². The Morgan fingerprint density at radius 1 is 1.19 bits per heavy atom. The summed E-state index contributed by atoms with van der Waals surface area (Å²) in [6.45, 7) is 3.85. The van der Waals surface area contributed by atoms with Crippen molar-refractivity contribution in [2.24, 2.45) is 0 Å². The van der Waals surface area contributed by atoms with Crippen LogP contribution in [0.5, 0.6) is 11.8 Å². The predicted octanol–water partition coefficient (Wildman–Crippen LogP) is 4.40. The number of aromatic nitrogens is 4. The van der Waals surface area contributed by atoms with Gasteiger partial charge in [0.1, 0.15) is 29.9 Å². The minimum absolute atomic E-state index is 0.0462. The highest BCUT2D eigenvalue weighted by atomic mass is 35.5. The van der Waals surface area contributed by atoms with E-state index >= 15 is 0 Å². The lowest BCUT2D eigenvalue weighted by Gasteiger charge is -2.43. The lowest BCUT2D eigenvalue weighted by Crippen LogP contribution is -2.44. The monoisotopic (exact) mass is 665 g/mol. The summed E-state index contributed by atoms with van der Waals surface area (Å²) in [5.41, 5.74) is 3.95. The summed E-state index contributed by atoms with van der Waals surface area (Å²) in [6, 6.07) is 5.74. The van der Waals surface area contributed by atoms with Gasteiger partial charge in [-0.2, -0.15) is 15.1 Å². The van der Waals surface area contributed by atoms with Gasteiger partial charge in [0.15, 0.2) is 5.69 Å². The van der Waals surface area contributed by atoms with Crippen molar-refractivity contribution in [2.75, 3.05) is 45.2 Å². The number of hydrogen-bond acceptors (Lipinski definition) is 9. The summed E-state index contributed by atoms with van der Waals surface area (Å²) in [6.07, 6.45) is 5.34. The van der Waals surface area contributed by atoms with Crippen molar-refractivity contribution in [3.63, 3.8) is 0 Å². The molecule has 3 atom stereocenters. The van der Waals surface area contributed by atoms with Crippen molar-refractivity contribution in [2.45, 2.75) is 88.4 Å². The van der Waals surface area contributed by atoms with Gasteiger partial charge in [-0.25, -0.2) is 4.39 Å². The fourth-order valence-corrected chi connectivity index (χ4v) is 8.94. The molecule has 1 amide bonds. The Morgan fingerprint density at radius 3 is 2.91 bits per heavy atom. The van der Waals surface area contributed by atoms with Crippen molar-refractivity contribution in [1.29, 1.82) is 0 Å². The number of amides is 1. The van der Waals surface area contributed by atoms with E-state index in [0.717, 1.165) is 85.5 Å². The average Bonchev–Trinajstić information content (AvgIpc) is 3.68. The van der Waals surface area contributed by atoms with Crippen molar-refractivity contribution in [3.8, 4) is 11.8 Å². The SMILES string of the molecule is CN(C)C(=O)c1cc2n(n1)CCCN(c1nc(OC[C@@]34CCCN3C[C@H](F)C4)nc3c1COC1(CCCc4ccc(O)c(Cl)c41)C3)C2. The first kappa shape index (κ1) is 30.8. The van der Waals surface area contributed by atoms with E-state index in [1.807, 2.05) is 16.8 Å². The van der Waals surface area contributed by atoms with E-state index < -0.39 is 11.8 Å². The van der Waals surface area contributed by atoms with Crippen LogP contribution in [0.25, 0.3) is 0 Å².